The highest BCUT2D eigenvalue weighted by Crippen LogP contribution is 2.21. The first-order valence-corrected chi connectivity index (χ1v) is 8.39. The Bertz CT molecular complexity index is 678. The van der Waals surface area contributed by atoms with Gasteiger partial charge in [-0.2, -0.15) is 0 Å². The number of carbonyl (C=O) groups excluding carboxylic acids is 1. The number of hydrogen-bond donors (Lipinski definition) is 1. The number of benzene rings is 1. The Balaban J connectivity index is 1.56. The van der Waals surface area contributed by atoms with Crippen LogP contribution in [-0.4, -0.2) is 67.3 Å². The van der Waals surface area contributed by atoms with E-state index in [0.717, 1.165) is 62.3 Å². The molecule has 1 aliphatic heterocycles. The van der Waals surface area contributed by atoms with Crippen LogP contribution in [0.5, 0.6) is 0 Å². The Hall–Kier alpha value is -2.18. The molecule has 2 aromatic rings. The fraction of sp³-hybridized carbons (Fsp3) is 0.444. The van der Waals surface area contributed by atoms with Crippen LogP contribution in [-0.2, 0) is 4.74 Å². The van der Waals surface area contributed by atoms with Crippen molar-refractivity contribution in [3.63, 3.8) is 0 Å². The van der Waals surface area contributed by atoms with Crippen molar-refractivity contribution in [3.05, 3.63) is 36.5 Å². The van der Waals surface area contributed by atoms with E-state index < -0.39 is 0 Å². The van der Waals surface area contributed by atoms with E-state index in [1.54, 1.807) is 13.3 Å². The summed E-state index contributed by atoms with van der Waals surface area (Å²) in [6.45, 7) is 5.14. The van der Waals surface area contributed by atoms with E-state index in [4.69, 9.17) is 4.74 Å². The molecule has 128 valence electrons. The average molecular weight is 328 g/mol. The Morgan fingerprint density at radius 3 is 2.83 bits per heavy atom. The monoisotopic (exact) mass is 328 g/mol. The second kappa shape index (κ2) is 8.08. The summed E-state index contributed by atoms with van der Waals surface area (Å²) >= 11 is 0. The van der Waals surface area contributed by atoms with Gasteiger partial charge in [0.2, 0.25) is 0 Å². The van der Waals surface area contributed by atoms with Crippen LogP contribution in [0, 0.1) is 0 Å². The Kier molecular flexibility index (Phi) is 5.61. The number of nitrogens with zero attached hydrogens (tertiary/aromatic N) is 3. The normalized spacial score (nSPS) is 15.6. The molecule has 1 N–H and O–H groups in total. The minimum Gasteiger partial charge on any atom is -0.385 e. The number of nitrogens with one attached hydrogen (secondary N) is 1. The number of hydrogen-bond acceptors (Lipinski definition) is 4. The molecule has 0 spiro atoms. The number of pyridine rings is 1. The van der Waals surface area contributed by atoms with Crippen LogP contribution in [0.2, 0.25) is 0 Å². The zero-order valence-corrected chi connectivity index (χ0v) is 14.1. The van der Waals surface area contributed by atoms with E-state index in [0.29, 0.717) is 0 Å². The van der Waals surface area contributed by atoms with Crippen molar-refractivity contribution < 1.29 is 9.53 Å². The Morgan fingerprint density at radius 1 is 1.21 bits per heavy atom. The summed E-state index contributed by atoms with van der Waals surface area (Å²) in [5.74, 6) is 0. The number of urea groups is 1. The fourth-order valence-electron chi connectivity index (χ4n) is 3.01. The molecule has 0 bridgehead atoms. The Morgan fingerprint density at radius 2 is 2.04 bits per heavy atom. The summed E-state index contributed by atoms with van der Waals surface area (Å²) in [6, 6.07) is 9.61. The van der Waals surface area contributed by atoms with Gasteiger partial charge in [-0.25, -0.2) is 4.79 Å². The lowest BCUT2D eigenvalue weighted by Gasteiger charge is -2.34. The number of amides is 2. The zero-order valence-electron chi connectivity index (χ0n) is 14.1. The quantitative estimate of drug-likeness (QED) is 0.857. The highest BCUT2D eigenvalue weighted by Gasteiger charge is 2.21. The van der Waals surface area contributed by atoms with Gasteiger partial charge in [-0.05, 0) is 30.7 Å². The van der Waals surface area contributed by atoms with Gasteiger partial charge in [-0.1, -0.05) is 6.07 Å². The van der Waals surface area contributed by atoms with Gasteiger partial charge < -0.3 is 15.0 Å². The van der Waals surface area contributed by atoms with Crippen LogP contribution < -0.4 is 5.32 Å². The third kappa shape index (κ3) is 4.01. The van der Waals surface area contributed by atoms with Gasteiger partial charge in [-0.3, -0.25) is 9.88 Å². The maximum Gasteiger partial charge on any atom is 0.321 e. The first kappa shape index (κ1) is 16.7. The van der Waals surface area contributed by atoms with Crippen LogP contribution in [0.4, 0.5) is 10.5 Å². The molecule has 1 saturated heterocycles. The predicted molar refractivity (Wildman–Crippen MR) is 95.3 cm³/mol. The van der Waals surface area contributed by atoms with Crippen LogP contribution in [0.1, 0.15) is 6.42 Å². The molecule has 1 aromatic heterocycles. The maximum absolute atomic E-state index is 12.5. The van der Waals surface area contributed by atoms with E-state index in [1.807, 2.05) is 35.2 Å². The molecule has 2 heterocycles. The number of ether oxygens (including phenoxy) is 1. The van der Waals surface area contributed by atoms with Crippen molar-refractivity contribution in [2.75, 3.05) is 51.8 Å². The lowest BCUT2D eigenvalue weighted by atomic mass is 10.2. The number of rotatable bonds is 5. The molecule has 24 heavy (non-hydrogen) atoms. The van der Waals surface area contributed by atoms with Crippen molar-refractivity contribution in [2.45, 2.75) is 6.42 Å². The molecular formula is C18H24N4O2. The average Bonchev–Trinajstić information content (AvgIpc) is 2.63. The lowest BCUT2D eigenvalue weighted by Crippen LogP contribution is -2.50. The molecule has 1 aromatic carbocycles. The molecule has 0 aliphatic carbocycles. The van der Waals surface area contributed by atoms with Crippen molar-refractivity contribution >= 4 is 22.6 Å². The van der Waals surface area contributed by atoms with Crippen LogP contribution >= 0.6 is 0 Å². The lowest BCUT2D eigenvalue weighted by molar-refractivity contribution is 0.130. The summed E-state index contributed by atoms with van der Waals surface area (Å²) in [5, 5.41) is 3.99. The van der Waals surface area contributed by atoms with E-state index in [9.17, 15) is 4.79 Å². The molecule has 3 rings (SSSR count). The molecule has 0 radical (unpaired) electrons. The highest BCUT2D eigenvalue weighted by atomic mass is 16.5. The molecule has 0 unspecified atom stereocenters. The second-order valence-corrected chi connectivity index (χ2v) is 5.98. The van der Waals surface area contributed by atoms with Crippen LogP contribution in [0.3, 0.4) is 0 Å². The largest absolute Gasteiger partial charge is 0.385 e. The van der Waals surface area contributed by atoms with Gasteiger partial charge in [0.15, 0.2) is 0 Å². The third-order valence-electron chi connectivity index (χ3n) is 4.37. The third-order valence-corrected chi connectivity index (χ3v) is 4.37. The molecule has 1 aliphatic rings. The van der Waals surface area contributed by atoms with Crippen LogP contribution in [0.25, 0.3) is 10.9 Å². The fourth-order valence-corrected chi connectivity index (χ4v) is 3.01. The molecule has 0 saturated carbocycles. The van der Waals surface area contributed by atoms with E-state index in [1.165, 1.54) is 0 Å². The molecule has 0 atom stereocenters. The molecule has 6 nitrogen and oxygen atoms in total. The first-order chi connectivity index (χ1) is 11.8. The molecule has 1 fully saturated rings. The van der Waals surface area contributed by atoms with E-state index >= 15 is 0 Å². The number of anilines is 1. The first-order valence-electron chi connectivity index (χ1n) is 8.39. The summed E-state index contributed by atoms with van der Waals surface area (Å²) < 4.78 is 5.09. The molecule has 2 amide bonds. The summed E-state index contributed by atoms with van der Waals surface area (Å²) in [4.78, 5) is 21.1. The van der Waals surface area contributed by atoms with Gasteiger partial charge >= 0.3 is 6.03 Å². The van der Waals surface area contributed by atoms with Gasteiger partial charge in [0.1, 0.15) is 0 Å². The zero-order chi connectivity index (χ0) is 16.8. The number of aromatic nitrogens is 1. The predicted octanol–water partition coefficient (Wildman–Crippen LogP) is 2.42. The van der Waals surface area contributed by atoms with Crippen LogP contribution in [0.15, 0.2) is 36.5 Å². The number of piperazine rings is 1. The number of fused-ring (bicyclic) bond motifs is 1. The summed E-state index contributed by atoms with van der Waals surface area (Å²) in [5.41, 5.74) is 1.70. The number of methoxy groups -OCH3 is 1. The highest BCUT2D eigenvalue weighted by molar-refractivity contribution is 6.00. The smallest absolute Gasteiger partial charge is 0.321 e. The van der Waals surface area contributed by atoms with Gasteiger partial charge in [0, 0.05) is 58.0 Å². The van der Waals surface area contributed by atoms with Crippen molar-refractivity contribution in [1.29, 1.82) is 0 Å². The summed E-state index contributed by atoms with van der Waals surface area (Å²) in [7, 11) is 1.73. The van der Waals surface area contributed by atoms with Gasteiger partial charge in [-0.15, -0.1) is 0 Å². The van der Waals surface area contributed by atoms with Crippen molar-refractivity contribution in [2.24, 2.45) is 0 Å². The maximum atomic E-state index is 12.5. The van der Waals surface area contributed by atoms with E-state index in [-0.39, 0.29) is 6.03 Å². The second-order valence-electron chi connectivity index (χ2n) is 5.98. The van der Waals surface area contributed by atoms with Crippen molar-refractivity contribution in [3.8, 4) is 0 Å². The minimum atomic E-state index is -0.0390. The van der Waals surface area contributed by atoms with E-state index in [2.05, 4.69) is 15.2 Å². The minimum absolute atomic E-state index is 0.0390. The molecular weight excluding hydrogens is 304 g/mol. The SMILES string of the molecule is COCCCN1CCN(C(=O)Nc2cccc3ncccc23)CC1. The molecule has 6 heteroatoms. The number of carbonyl (C=O) groups is 1. The van der Waals surface area contributed by atoms with Gasteiger partial charge in [0.05, 0.1) is 11.2 Å². The standard InChI is InChI=1S/C18H24N4O2/c1-24-14-4-9-21-10-12-22(13-11-21)18(23)20-17-7-2-6-16-15(17)5-3-8-19-16/h2-3,5-8H,4,9-14H2,1H3,(H,20,23). The Labute approximate surface area is 142 Å². The topological polar surface area (TPSA) is 57.7 Å². The van der Waals surface area contributed by atoms with Crippen molar-refractivity contribution in [1.82, 2.24) is 14.8 Å². The summed E-state index contributed by atoms with van der Waals surface area (Å²) in [6.07, 6.45) is 2.79. The van der Waals surface area contributed by atoms with Gasteiger partial charge in [0.25, 0.3) is 0 Å².